The van der Waals surface area contributed by atoms with Gasteiger partial charge in [-0.25, -0.2) is 9.59 Å². The standard InChI is InChI=1S/C25H29NO6/c1-16-10-19(11-17(2)22(16)32-25(3,4)23(28)29)21-13-26(12-20(21)14-27)24(30)31-15-18-8-6-5-7-9-18/h5-11,14,20-21H,12-13,15H2,1-4H3,(H,28,29)/t20-,21-/m0/s1. The number of likely N-dealkylation sites (tertiary alicyclic amines) is 1. The van der Waals surface area contributed by atoms with Crippen molar-refractivity contribution in [2.45, 2.75) is 45.8 Å². The van der Waals surface area contributed by atoms with Crippen molar-refractivity contribution in [1.29, 1.82) is 0 Å². The predicted octanol–water partition coefficient (Wildman–Crippen LogP) is 4.10. The summed E-state index contributed by atoms with van der Waals surface area (Å²) in [5, 5.41) is 9.36. The Balaban J connectivity index is 1.74. The number of aliphatic carboxylic acids is 1. The lowest BCUT2D eigenvalue weighted by Crippen LogP contribution is -2.38. The fourth-order valence-corrected chi connectivity index (χ4v) is 3.94. The van der Waals surface area contributed by atoms with Crippen LogP contribution in [0.4, 0.5) is 4.79 Å². The average molecular weight is 440 g/mol. The van der Waals surface area contributed by atoms with Gasteiger partial charge in [-0.15, -0.1) is 0 Å². The number of amides is 1. The van der Waals surface area contributed by atoms with Crippen LogP contribution < -0.4 is 4.74 Å². The lowest BCUT2D eigenvalue weighted by atomic mass is 9.88. The second-order valence-electron chi connectivity index (χ2n) is 8.75. The number of hydrogen-bond donors (Lipinski definition) is 1. The van der Waals surface area contributed by atoms with E-state index in [9.17, 15) is 19.5 Å². The van der Waals surface area contributed by atoms with Crippen molar-refractivity contribution >= 4 is 18.3 Å². The van der Waals surface area contributed by atoms with Crippen LogP contribution in [0.3, 0.4) is 0 Å². The molecule has 0 aliphatic carbocycles. The van der Waals surface area contributed by atoms with Gasteiger partial charge in [0.15, 0.2) is 5.60 Å². The molecule has 0 saturated carbocycles. The Morgan fingerprint density at radius 2 is 1.75 bits per heavy atom. The molecule has 0 spiro atoms. The first-order valence-corrected chi connectivity index (χ1v) is 10.6. The molecule has 7 heteroatoms. The van der Waals surface area contributed by atoms with Crippen LogP contribution in [0.5, 0.6) is 5.75 Å². The third-order valence-corrected chi connectivity index (χ3v) is 5.79. The van der Waals surface area contributed by atoms with Crippen LogP contribution in [0.25, 0.3) is 0 Å². The normalized spacial score (nSPS) is 18.3. The van der Waals surface area contributed by atoms with E-state index >= 15 is 0 Å². The molecular weight excluding hydrogens is 410 g/mol. The number of hydrogen-bond acceptors (Lipinski definition) is 5. The first kappa shape index (κ1) is 23.3. The number of ether oxygens (including phenoxy) is 2. The van der Waals surface area contributed by atoms with E-state index in [1.54, 1.807) is 4.90 Å². The number of carbonyl (C=O) groups excluding carboxylic acids is 2. The van der Waals surface area contributed by atoms with Crippen LogP contribution in [0.15, 0.2) is 42.5 Å². The van der Waals surface area contributed by atoms with Crippen molar-refractivity contribution in [3.8, 4) is 5.75 Å². The fourth-order valence-electron chi connectivity index (χ4n) is 3.94. The number of benzene rings is 2. The van der Waals surface area contributed by atoms with Gasteiger partial charge >= 0.3 is 12.1 Å². The van der Waals surface area contributed by atoms with E-state index in [1.165, 1.54) is 13.8 Å². The van der Waals surface area contributed by atoms with Gasteiger partial charge in [-0.05, 0) is 49.9 Å². The molecule has 0 aromatic heterocycles. The van der Waals surface area contributed by atoms with Crippen molar-refractivity contribution in [2.75, 3.05) is 13.1 Å². The van der Waals surface area contributed by atoms with Crippen molar-refractivity contribution in [2.24, 2.45) is 5.92 Å². The molecule has 0 bridgehead atoms. The molecule has 0 unspecified atom stereocenters. The van der Waals surface area contributed by atoms with Gasteiger partial charge in [-0.1, -0.05) is 42.5 Å². The molecule has 2 aromatic carbocycles. The average Bonchev–Trinajstić information content (AvgIpc) is 3.20. The first-order chi connectivity index (χ1) is 15.1. The lowest BCUT2D eigenvalue weighted by Gasteiger charge is -2.25. The Labute approximate surface area is 187 Å². The largest absolute Gasteiger partial charge is 0.478 e. The summed E-state index contributed by atoms with van der Waals surface area (Å²) >= 11 is 0. The van der Waals surface area contributed by atoms with E-state index in [0.29, 0.717) is 18.8 Å². The molecule has 1 heterocycles. The van der Waals surface area contributed by atoms with Gasteiger partial charge in [0.1, 0.15) is 18.6 Å². The smallest absolute Gasteiger partial charge is 0.410 e. The Bertz CT molecular complexity index is 978. The molecule has 1 aliphatic heterocycles. The highest BCUT2D eigenvalue weighted by molar-refractivity contribution is 5.77. The van der Waals surface area contributed by atoms with Gasteiger partial charge in [-0.2, -0.15) is 0 Å². The SMILES string of the molecule is Cc1cc([C@@H]2CN(C(=O)OCc3ccccc3)C[C@H]2C=O)cc(C)c1OC(C)(C)C(=O)O. The minimum absolute atomic E-state index is 0.171. The summed E-state index contributed by atoms with van der Waals surface area (Å²) in [4.78, 5) is 37.3. The molecule has 1 saturated heterocycles. The van der Waals surface area contributed by atoms with Crippen LogP contribution in [0.2, 0.25) is 0 Å². The third kappa shape index (κ3) is 5.10. The molecule has 1 aliphatic rings. The van der Waals surface area contributed by atoms with Gasteiger partial charge in [-0.3, -0.25) is 0 Å². The highest BCUT2D eigenvalue weighted by Crippen LogP contribution is 2.36. The molecule has 170 valence electrons. The Hall–Kier alpha value is -3.35. The van der Waals surface area contributed by atoms with E-state index < -0.39 is 17.7 Å². The zero-order valence-electron chi connectivity index (χ0n) is 18.8. The molecule has 3 rings (SSSR count). The van der Waals surface area contributed by atoms with E-state index in [0.717, 1.165) is 28.5 Å². The van der Waals surface area contributed by atoms with Crippen molar-refractivity contribution in [1.82, 2.24) is 4.90 Å². The zero-order chi connectivity index (χ0) is 23.5. The number of aryl methyl sites for hydroxylation is 2. The highest BCUT2D eigenvalue weighted by Gasteiger charge is 2.37. The van der Waals surface area contributed by atoms with Gasteiger partial charge in [0.25, 0.3) is 0 Å². The number of carbonyl (C=O) groups is 3. The highest BCUT2D eigenvalue weighted by atomic mass is 16.6. The van der Waals surface area contributed by atoms with Gasteiger partial charge in [0, 0.05) is 24.9 Å². The summed E-state index contributed by atoms with van der Waals surface area (Å²) in [5.74, 6) is -1.06. The second-order valence-corrected chi connectivity index (χ2v) is 8.75. The molecule has 32 heavy (non-hydrogen) atoms. The van der Waals surface area contributed by atoms with Gasteiger partial charge in [0.2, 0.25) is 0 Å². The Morgan fingerprint density at radius 3 is 2.31 bits per heavy atom. The summed E-state index contributed by atoms with van der Waals surface area (Å²) in [6.45, 7) is 7.54. The van der Waals surface area contributed by atoms with Crippen molar-refractivity contribution in [3.05, 3.63) is 64.7 Å². The number of rotatable bonds is 7. The monoisotopic (exact) mass is 439 g/mol. The predicted molar refractivity (Wildman–Crippen MR) is 119 cm³/mol. The number of carboxylic acid groups (broad SMARTS) is 1. The molecule has 2 aromatic rings. The van der Waals surface area contributed by atoms with Crippen molar-refractivity contribution in [3.63, 3.8) is 0 Å². The minimum atomic E-state index is -1.37. The number of carboxylic acids is 1. The Kier molecular flexibility index (Phi) is 6.87. The third-order valence-electron chi connectivity index (χ3n) is 5.79. The van der Waals surface area contributed by atoms with Gasteiger partial charge in [0.05, 0.1) is 0 Å². The second kappa shape index (κ2) is 9.42. The topological polar surface area (TPSA) is 93.1 Å². The summed E-state index contributed by atoms with van der Waals surface area (Å²) in [6, 6.07) is 13.2. The maximum absolute atomic E-state index is 12.6. The van der Waals surface area contributed by atoms with E-state index in [1.807, 2.05) is 56.3 Å². The van der Waals surface area contributed by atoms with E-state index in [4.69, 9.17) is 9.47 Å². The van der Waals surface area contributed by atoms with E-state index in [-0.39, 0.29) is 18.4 Å². The molecule has 1 N–H and O–H groups in total. The summed E-state index contributed by atoms with van der Waals surface area (Å²) in [7, 11) is 0. The maximum Gasteiger partial charge on any atom is 0.410 e. The van der Waals surface area contributed by atoms with Crippen LogP contribution in [-0.2, 0) is 20.9 Å². The minimum Gasteiger partial charge on any atom is -0.478 e. The fraction of sp³-hybridized carbons (Fsp3) is 0.400. The molecule has 2 atom stereocenters. The molecule has 0 radical (unpaired) electrons. The summed E-state index contributed by atoms with van der Waals surface area (Å²) in [5.41, 5.74) is 2.01. The first-order valence-electron chi connectivity index (χ1n) is 10.6. The van der Waals surface area contributed by atoms with Crippen LogP contribution in [-0.4, -0.2) is 47.0 Å². The number of nitrogens with zero attached hydrogens (tertiary/aromatic N) is 1. The lowest BCUT2D eigenvalue weighted by molar-refractivity contribution is -0.152. The summed E-state index contributed by atoms with van der Waals surface area (Å²) in [6.07, 6.45) is 0.442. The zero-order valence-corrected chi connectivity index (χ0v) is 18.8. The molecule has 1 fully saturated rings. The van der Waals surface area contributed by atoms with E-state index in [2.05, 4.69) is 0 Å². The molecular formula is C25H29NO6. The number of aldehydes is 1. The maximum atomic E-state index is 12.6. The molecule has 1 amide bonds. The Morgan fingerprint density at radius 1 is 1.12 bits per heavy atom. The molecule has 7 nitrogen and oxygen atoms in total. The summed E-state index contributed by atoms with van der Waals surface area (Å²) < 4.78 is 11.2. The quantitative estimate of drug-likeness (QED) is 0.653. The van der Waals surface area contributed by atoms with Gasteiger partial charge < -0.3 is 24.3 Å². The van der Waals surface area contributed by atoms with Crippen LogP contribution in [0, 0.1) is 19.8 Å². The van der Waals surface area contributed by atoms with Crippen molar-refractivity contribution < 1.29 is 29.0 Å². The van der Waals surface area contributed by atoms with Crippen LogP contribution >= 0.6 is 0 Å². The van der Waals surface area contributed by atoms with Crippen LogP contribution in [0.1, 0.15) is 42.0 Å².